The molecule has 0 amide bonds. The van der Waals surface area contributed by atoms with E-state index in [0.29, 0.717) is 0 Å². The lowest BCUT2D eigenvalue weighted by atomic mass is 10.2. The van der Waals surface area contributed by atoms with Crippen molar-refractivity contribution < 1.29 is 14.3 Å². The largest absolute Gasteiger partial charge is 0.497 e. The molecule has 0 unspecified atom stereocenters. The van der Waals surface area contributed by atoms with E-state index in [1.165, 1.54) is 0 Å². The lowest BCUT2D eigenvalue weighted by Crippen LogP contribution is -2.23. The number of esters is 1. The van der Waals surface area contributed by atoms with E-state index in [2.05, 4.69) is 0 Å². The Kier molecular flexibility index (Phi) is 4.95. The lowest BCUT2D eigenvalue weighted by Gasteiger charge is -2.18. The third kappa shape index (κ3) is 5.53. The van der Waals surface area contributed by atoms with Crippen LogP contribution in [-0.2, 0) is 9.53 Å². The van der Waals surface area contributed by atoms with Crippen LogP contribution in [0.3, 0.4) is 0 Å². The van der Waals surface area contributed by atoms with E-state index < -0.39 is 5.60 Å². The van der Waals surface area contributed by atoms with Crippen molar-refractivity contribution in [1.29, 1.82) is 0 Å². The van der Waals surface area contributed by atoms with Gasteiger partial charge in [-0.25, -0.2) is 0 Å². The fourth-order valence-electron chi connectivity index (χ4n) is 1.39. The average Bonchev–Trinajstić information content (AvgIpc) is 2.27. The van der Waals surface area contributed by atoms with Crippen molar-refractivity contribution in [2.45, 2.75) is 32.8 Å². The lowest BCUT2D eigenvalue weighted by molar-refractivity contribution is -0.153. The van der Waals surface area contributed by atoms with Gasteiger partial charge in [-0.05, 0) is 38.5 Å². The quantitative estimate of drug-likeness (QED) is 0.766. The number of carbonyl (C=O) groups excluding carboxylic acids is 1. The molecule has 0 spiro atoms. The number of methoxy groups -OCH3 is 1. The normalized spacial score (nSPS) is 11.6. The molecular weight excluding hydrogens is 228 g/mol. The molecule has 1 aromatic rings. The van der Waals surface area contributed by atoms with Gasteiger partial charge in [0, 0.05) is 0 Å². The molecule has 1 aromatic carbocycles. The third-order valence-electron chi connectivity index (χ3n) is 2.13. The van der Waals surface area contributed by atoms with Crippen LogP contribution < -0.4 is 4.74 Å². The maximum absolute atomic E-state index is 11.5. The SMILES string of the molecule is COc1ccc(/C=C\CC(=O)OC(C)(C)C)cc1. The maximum atomic E-state index is 11.5. The summed E-state index contributed by atoms with van der Waals surface area (Å²) in [5, 5.41) is 0. The predicted octanol–water partition coefficient (Wildman–Crippen LogP) is 3.44. The molecular formula is C15H20O3. The van der Waals surface area contributed by atoms with Gasteiger partial charge >= 0.3 is 5.97 Å². The Morgan fingerprint density at radius 2 is 1.83 bits per heavy atom. The first-order valence-corrected chi connectivity index (χ1v) is 5.93. The molecule has 0 heterocycles. The Morgan fingerprint density at radius 3 is 2.33 bits per heavy atom. The smallest absolute Gasteiger partial charge is 0.310 e. The summed E-state index contributed by atoms with van der Waals surface area (Å²) in [6.45, 7) is 5.58. The highest BCUT2D eigenvalue weighted by molar-refractivity contribution is 5.73. The molecule has 3 nitrogen and oxygen atoms in total. The van der Waals surface area contributed by atoms with Gasteiger partial charge in [0.25, 0.3) is 0 Å². The summed E-state index contributed by atoms with van der Waals surface area (Å²) in [5.41, 5.74) is 0.602. The van der Waals surface area contributed by atoms with Gasteiger partial charge in [0.1, 0.15) is 11.4 Å². The Balaban J connectivity index is 2.47. The van der Waals surface area contributed by atoms with Crippen molar-refractivity contribution in [3.05, 3.63) is 35.9 Å². The zero-order valence-electron chi connectivity index (χ0n) is 11.4. The number of ether oxygens (including phenoxy) is 2. The van der Waals surface area contributed by atoms with Crippen molar-refractivity contribution in [2.24, 2.45) is 0 Å². The van der Waals surface area contributed by atoms with Crippen molar-refractivity contribution in [1.82, 2.24) is 0 Å². The summed E-state index contributed by atoms with van der Waals surface area (Å²) in [7, 11) is 1.63. The zero-order chi connectivity index (χ0) is 13.6. The van der Waals surface area contributed by atoms with Gasteiger partial charge in [-0.1, -0.05) is 24.3 Å². The molecule has 0 atom stereocenters. The minimum atomic E-state index is -0.426. The van der Waals surface area contributed by atoms with Crippen molar-refractivity contribution in [2.75, 3.05) is 7.11 Å². The van der Waals surface area contributed by atoms with Crippen LogP contribution in [0, 0.1) is 0 Å². The van der Waals surface area contributed by atoms with Gasteiger partial charge in [-0.15, -0.1) is 0 Å². The molecule has 98 valence electrons. The van der Waals surface area contributed by atoms with Gasteiger partial charge < -0.3 is 9.47 Å². The first-order valence-electron chi connectivity index (χ1n) is 5.93. The molecule has 18 heavy (non-hydrogen) atoms. The number of rotatable bonds is 4. The van der Waals surface area contributed by atoms with E-state index in [0.717, 1.165) is 11.3 Å². The van der Waals surface area contributed by atoms with Crippen LogP contribution in [0.2, 0.25) is 0 Å². The monoisotopic (exact) mass is 248 g/mol. The van der Waals surface area contributed by atoms with Gasteiger partial charge in [-0.2, -0.15) is 0 Å². The van der Waals surface area contributed by atoms with Gasteiger partial charge in [0.15, 0.2) is 0 Å². The molecule has 0 N–H and O–H groups in total. The van der Waals surface area contributed by atoms with Crippen LogP contribution in [0.5, 0.6) is 5.75 Å². The van der Waals surface area contributed by atoms with Crippen molar-refractivity contribution in [3.63, 3.8) is 0 Å². The molecule has 0 saturated heterocycles. The van der Waals surface area contributed by atoms with E-state index in [1.54, 1.807) is 13.2 Å². The van der Waals surface area contributed by atoms with E-state index in [4.69, 9.17) is 9.47 Å². The Labute approximate surface area is 108 Å². The van der Waals surface area contributed by atoms with Crippen molar-refractivity contribution >= 4 is 12.0 Å². The van der Waals surface area contributed by atoms with Crippen LogP contribution in [-0.4, -0.2) is 18.7 Å². The first-order chi connectivity index (χ1) is 8.40. The number of benzene rings is 1. The minimum absolute atomic E-state index is 0.215. The van der Waals surface area contributed by atoms with Gasteiger partial charge in [0.2, 0.25) is 0 Å². The summed E-state index contributed by atoms with van der Waals surface area (Å²) < 4.78 is 10.3. The van der Waals surface area contributed by atoms with Crippen LogP contribution in [0.1, 0.15) is 32.8 Å². The predicted molar refractivity (Wildman–Crippen MR) is 72.5 cm³/mol. The molecule has 1 rings (SSSR count). The molecule has 0 fully saturated rings. The Bertz CT molecular complexity index is 410. The number of hydrogen-bond acceptors (Lipinski definition) is 3. The molecule has 0 aliphatic carbocycles. The molecule has 3 heteroatoms. The molecule has 0 aromatic heterocycles. The van der Waals surface area contributed by atoms with Crippen molar-refractivity contribution in [3.8, 4) is 5.75 Å². The van der Waals surface area contributed by atoms with Gasteiger partial charge in [0.05, 0.1) is 13.5 Å². The molecule has 0 bridgehead atoms. The Hall–Kier alpha value is -1.77. The number of carbonyl (C=O) groups is 1. The molecule has 0 saturated carbocycles. The zero-order valence-corrected chi connectivity index (χ0v) is 11.4. The number of hydrogen-bond donors (Lipinski definition) is 0. The third-order valence-corrected chi connectivity index (χ3v) is 2.13. The van der Waals surface area contributed by atoms with Crippen LogP contribution >= 0.6 is 0 Å². The van der Waals surface area contributed by atoms with E-state index in [9.17, 15) is 4.79 Å². The highest BCUT2D eigenvalue weighted by Crippen LogP contribution is 2.13. The van der Waals surface area contributed by atoms with Gasteiger partial charge in [-0.3, -0.25) is 4.79 Å². The van der Waals surface area contributed by atoms with Crippen LogP contribution in [0.25, 0.3) is 6.08 Å². The summed E-state index contributed by atoms with van der Waals surface area (Å²) in [6, 6.07) is 7.63. The fourth-order valence-corrected chi connectivity index (χ4v) is 1.39. The summed E-state index contributed by atoms with van der Waals surface area (Å²) >= 11 is 0. The van der Waals surface area contributed by atoms with Crippen LogP contribution in [0.4, 0.5) is 0 Å². The second-order valence-electron chi connectivity index (χ2n) is 4.97. The van der Waals surface area contributed by atoms with Crippen LogP contribution in [0.15, 0.2) is 30.3 Å². The van der Waals surface area contributed by atoms with E-state index in [1.807, 2.05) is 51.1 Å². The average molecular weight is 248 g/mol. The summed E-state index contributed by atoms with van der Waals surface area (Å²) in [6.07, 6.45) is 3.97. The highest BCUT2D eigenvalue weighted by atomic mass is 16.6. The first kappa shape index (κ1) is 14.3. The highest BCUT2D eigenvalue weighted by Gasteiger charge is 2.14. The molecule has 0 aliphatic heterocycles. The van der Waals surface area contributed by atoms with E-state index in [-0.39, 0.29) is 12.4 Å². The summed E-state index contributed by atoms with van der Waals surface area (Å²) in [4.78, 5) is 11.5. The fraction of sp³-hybridized carbons (Fsp3) is 0.400. The second kappa shape index (κ2) is 6.24. The van der Waals surface area contributed by atoms with E-state index >= 15 is 0 Å². The Morgan fingerprint density at radius 1 is 1.22 bits per heavy atom. The molecule has 0 aliphatic rings. The topological polar surface area (TPSA) is 35.5 Å². The second-order valence-corrected chi connectivity index (χ2v) is 4.97. The summed E-state index contributed by atoms with van der Waals surface area (Å²) in [5.74, 6) is 0.603. The maximum Gasteiger partial charge on any atom is 0.310 e. The minimum Gasteiger partial charge on any atom is -0.497 e. The molecule has 0 radical (unpaired) electrons. The standard InChI is InChI=1S/C15H20O3/c1-15(2,3)18-14(16)7-5-6-12-8-10-13(17-4)11-9-12/h5-6,8-11H,7H2,1-4H3/b6-5-.